The number of rotatable bonds is 4. The third-order valence-electron chi connectivity index (χ3n) is 2.05. The van der Waals surface area contributed by atoms with Crippen molar-refractivity contribution in [1.29, 1.82) is 0 Å². The number of aliphatic hydroxyl groups excluding tert-OH is 1. The highest BCUT2D eigenvalue weighted by molar-refractivity contribution is 5.16. The van der Waals surface area contributed by atoms with Gasteiger partial charge >= 0.3 is 0 Å². The van der Waals surface area contributed by atoms with Gasteiger partial charge in [0.25, 0.3) is 0 Å². The van der Waals surface area contributed by atoms with Gasteiger partial charge in [0.05, 0.1) is 6.26 Å². The zero-order valence-corrected chi connectivity index (χ0v) is 8.21. The van der Waals surface area contributed by atoms with Crippen LogP contribution in [0.25, 0.3) is 0 Å². The van der Waals surface area contributed by atoms with E-state index in [0.717, 1.165) is 17.6 Å². The minimum absolute atomic E-state index is 0.494. The lowest BCUT2D eigenvalue weighted by Crippen LogP contribution is -1.97. The average molecular weight is 180 g/mol. The first kappa shape index (κ1) is 10.1. The Hall–Kier alpha value is -1.02. The second kappa shape index (κ2) is 4.28. The Morgan fingerprint density at radius 2 is 2.38 bits per heavy atom. The lowest BCUT2D eigenvalue weighted by atomic mass is 10.1. The molecule has 1 aromatic rings. The van der Waals surface area contributed by atoms with Crippen LogP contribution in [0.3, 0.4) is 0 Å². The zero-order chi connectivity index (χ0) is 9.84. The maximum atomic E-state index is 9.70. The van der Waals surface area contributed by atoms with Gasteiger partial charge in [-0.2, -0.15) is 0 Å². The summed E-state index contributed by atoms with van der Waals surface area (Å²) in [6, 6.07) is 1.86. The number of hydrogen-bond donors (Lipinski definition) is 1. The summed E-state index contributed by atoms with van der Waals surface area (Å²) < 4.78 is 5.18. The van der Waals surface area contributed by atoms with E-state index in [1.54, 1.807) is 6.26 Å². The molecule has 1 unspecified atom stereocenters. The van der Waals surface area contributed by atoms with Crippen LogP contribution in [0, 0.1) is 6.92 Å². The van der Waals surface area contributed by atoms with Gasteiger partial charge in [-0.3, -0.25) is 0 Å². The molecule has 0 aromatic carbocycles. The van der Waals surface area contributed by atoms with Gasteiger partial charge in [-0.25, -0.2) is 0 Å². The van der Waals surface area contributed by atoms with Crippen LogP contribution in [-0.2, 0) is 0 Å². The molecule has 0 saturated heterocycles. The predicted molar refractivity (Wildman–Crippen MR) is 52.5 cm³/mol. The van der Waals surface area contributed by atoms with Gasteiger partial charge in [0.15, 0.2) is 0 Å². The van der Waals surface area contributed by atoms with Gasteiger partial charge in [0.2, 0.25) is 0 Å². The highest BCUT2D eigenvalue weighted by atomic mass is 16.4. The summed E-state index contributed by atoms with van der Waals surface area (Å²) in [5, 5.41) is 9.70. The van der Waals surface area contributed by atoms with E-state index in [-0.39, 0.29) is 0 Å². The molecule has 0 aliphatic rings. The number of aliphatic hydroxyl groups is 1. The predicted octanol–water partition coefficient (Wildman–Crippen LogP) is 2.98. The molecule has 0 amide bonds. The standard InChI is InChI=1S/C11H16O2/c1-8(2)4-5-10(12)11-9(3)6-7-13-11/h6-7,10,12H,1,4-5H2,2-3H3. The normalized spacial score (nSPS) is 12.8. The second-order valence-corrected chi connectivity index (χ2v) is 3.48. The first-order valence-corrected chi connectivity index (χ1v) is 4.47. The lowest BCUT2D eigenvalue weighted by Gasteiger charge is -2.08. The fourth-order valence-electron chi connectivity index (χ4n) is 1.24. The van der Waals surface area contributed by atoms with Crippen molar-refractivity contribution in [3.05, 3.63) is 35.8 Å². The van der Waals surface area contributed by atoms with Crippen LogP contribution in [0.5, 0.6) is 0 Å². The van der Waals surface area contributed by atoms with E-state index in [1.807, 2.05) is 19.9 Å². The molecular formula is C11H16O2. The number of aryl methyl sites for hydroxylation is 1. The third-order valence-corrected chi connectivity index (χ3v) is 2.05. The SMILES string of the molecule is C=C(C)CCC(O)c1occc1C. The molecule has 0 aliphatic heterocycles. The monoisotopic (exact) mass is 180 g/mol. The Balaban J connectivity index is 2.53. The fraction of sp³-hybridized carbons (Fsp3) is 0.455. The van der Waals surface area contributed by atoms with Crippen LogP contribution in [0.1, 0.15) is 37.2 Å². The van der Waals surface area contributed by atoms with Crippen LogP contribution >= 0.6 is 0 Å². The molecule has 1 heterocycles. The first-order chi connectivity index (χ1) is 6.11. The Bertz CT molecular complexity index is 286. The molecule has 0 radical (unpaired) electrons. The van der Waals surface area contributed by atoms with Crippen molar-refractivity contribution in [2.75, 3.05) is 0 Å². The van der Waals surface area contributed by atoms with Gasteiger partial charge in [0, 0.05) is 0 Å². The van der Waals surface area contributed by atoms with E-state index >= 15 is 0 Å². The van der Waals surface area contributed by atoms with E-state index in [4.69, 9.17) is 4.42 Å². The summed E-state index contributed by atoms with van der Waals surface area (Å²) in [5.41, 5.74) is 2.09. The summed E-state index contributed by atoms with van der Waals surface area (Å²) >= 11 is 0. The quantitative estimate of drug-likeness (QED) is 0.722. The van der Waals surface area contributed by atoms with Gasteiger partial charge in [-0.15, -0.1) is 6.58 Å². The summed E-state index contributed by atoms with van der Waals surface area (Å²) in [7, 11) is 0. The zero-order valence-electron chi connectivity index (χ0n) is 8.21. The van der Waals surface area contributed by atoms with Gasteiger partial charge in [0.1, 0.15) is 11.9 Å². The Morgan fingerprint density at radius 3 is 2.85 bits per heavy atom. The largest absolute Gasteiger partial charge is 0.466 e. The average Bonchev–Trinajstić information content (AvgIpc) is 2.47. The molecule has 0 bridgehead atoms. The summed E-state index contributed by atoms with van der Waals surface area (Å²) in [6.45, 7) is 7.68. The van der Waals surface area contributed by atoms with Crippen molar-refractivity contribution in [1.82, 2.24) is 0 Å². The minimum Gasteiger partial charge on any atom is -0.466 e. The Morgan fingerprint density at radius 1 is 1.69 bits per heavy atom. The maximum Gasteiger partial charge on any atom is 0.135 e. The highest BCUT2D eigenvalue weighted by Crippen LogP contribution is 2.23. The molecule has 1 aromatic heterocycles. The van der Waals surface area contributed by atoms with E-state index < -0.39 is 6.10 Å². The third kappa shape index (κ3) is 2.74. The van der Waals surface area contributed by atoms with E-state index in [9.17, 15) is 5.11 Å². The molecule has 0 spiro atoms. The molecule has 0 aliphatic carbocycles. The lowest BCUT2D eigenvalue weighted by molar-refractivity contribution is 0.139. The summed E-state index contributed by atoms with van der Waals surface area (Å²) in [6.07, 6.45) is 2.63. The Labute approximate surface area is 78.9 Å². The molecule has 1 atom stereocenters. The van der Waals surface area contributed by atoms with E-state index in [2.05, 4.69) is 6.58 Å². The van der Waals surface area contributed by atoms with Crippen molar-refractivity contribution in [2.24, 2.45) is 0 Å². The minimum atomic E-state index is -0.494. The first-order valence-electron chi connectivity index (χ1n) is 4.47. The molecule has 2 heteroatoms. The van der Waals surface area contributed by atoms with Gasteiger partial charge in [-0.1, -0.05) is 5.57 Å². The van der Waals surface area contributed by atoms with Gasteiger partial charge < -0.3 is 9.52 Å². The molecule has 13 heavy (non-hydrogen) atoms. The van der Waals surface area contributed by atoms with Crippen molar-refractivity contribution >= 4 is 0 Å². The molecule has 2 nitrogen and oxygen atoms in total. The van der Waals surface area contributed by atoms with Crippen LogP contribution in [0.15, 0.2) is 28.9 Å². The van der Waals surface area contributed by atoms with Crippen molar-refractivity contribution in [3.63, 3.8) is 0 Å². The number of allylic oxidation sites excluding steroid dienone is 1. The molecule has 0 fully saturated rings. The summed E-state index contributed by atoms with van der Waals surface area (Å²) in [4.78, 5) is 0. The van der Waals surface area contributed by atoms with E-state index in [1.165, 1.54) is 0 Å². The van der Waals surface area contributed by atoms with Crippen molar-refractivity contribution in [3.8, 4) is 0 Å². The maximum absolute atomic E-state index is 9.70. The molecule has 1 rings (SSSR count). The van der Waals surface area contributed by atoms with Crippen molar-refractivity contribution < 1.29 is 9.52 Å². The molecule has 72 valence electrons. The van der Waals surface area contributed by atoms with Crippen LogP contribution < -0.4 is 0 Å². The molecule has 1 N–H and O–H groups in total. The number of furan rings is 1. The number of hydrogen-bond acceptors (Lipinski definition) is 2. The highest BCUT2D eigenvalue weighted by Gasteiger charge is 2.12. The summed E-state index contributed by atoms with van der Waals surface area (Å²) in [5.74, 6) is 0.682. The van der Waals surface area contributed by atoms with Gasteiger partial charge in [-0.05, 0) is 38.3 Å². The van der Waals surface area contributed by atoms with Crippen LogP contribution in [0.4, 0.5) is 0 Å². The van der Waals surface area contributed by atoms with E-state index in [0.29, 0.717) is 12.2 Å². The van der Waals surface area contributed by atoms with Crippen molar-refractivity contribution in [2.45, 2.75) is 32.8 Å². The molecular weight excluding hydrogens is 164 g/mol. The molecule has 0 saturated carbocycles. The topological polar surface area (TPSA) is 33.4 Å². The second-order valence-electron chi connectivity index (χ2n) is 3.48. The van der Waals surface area contributed by atoms with Crippen LogP contribution in [0.2, 0.25) is 0 Å². The Kier molecular flexibility index (Phi) is 3.32. The fourth-order valence-corrected chi connectivity index (χ4v) is 1.24. The smallest absolute Gasteiger partial charge is 0.135 e. The van der Waals surface area contributed by atoms with Crippen LogP contribution in [-0.4, -0.2) is 5.11 Å².